The fourth-order valence-corrected chi connectivity index (χ4v) is 3.31. The maximum absolute atomic E-state index is 6.25. The summed E-state index contributed by atoms with van der Waals surface area (Å²) in [5, 5.41) is 0. The summed E-state index contributed by atoms with van der Waals surface area (Å²) in [4.78, 5) is 0. The van der Waals surface area contributed by atoms with E-state index in [1.54, 1.807) is 0 Å². The first kappa shape index (κ1) is 24.3. The Labute approximate surface area is 163 Å². The number of para-hydroxylation sites is 1. The summed E-state index contributed by atoms with van der Waals surface area (Å²) in [6, 6.07) is 8.47. The first-order valence-corrected chi connectivity index (χ1v) is 10.5. The van der Waals surface area contributed by atoms with Crippen molar-refractivity contribution < 1.29 is 26.1 Å². The molecule has 122 valence electrons. The van der Waals surface area contributed by atoms with Crippen molar-refractivity contribution in [3.05, 3.63) is 53.6 Å². The normalized spacial score (nSPS) is 14.1. The molecule has 1 aliphatic rings. The van der Waals surface area contributed by atoms with Crippen molar-refractivity contribution in [1.82, 2.24) is 0 Å². The Kier molecular flexibility index (Phi) is 11.8. The van der Waals surface area contributed by atoms with E-state index >= 15 is 0 Å². The fraction of sp³-hybridized carbons (Fsp3) is 0.412. The van der Waals surface area contributed by atoms with Crippen LogP contribution in [0.3, 0.4) is 0 Å². The summed E-state index contributed by atoms with van der Waals surface area (Å²) >= 11 is 0. The van der Waals surface area contributed by atoms with Gasteiger partial charge in [-0.1, -0.05) is 25.1 Å². The standard InChI is InChI=1S/C17H23OSi.2ClH.Ti/c1-5-15(14-10-6-7-11-14)16-12-8-9-13-17(16)18-19(2,3)4;;;/h6,8-10,12-13,15H,5,7H2,1-4H3;2*1H;/q-1;;;. The van der Waals surface area contributed by atoms with E-state index in [0.29, 0.717) is 5.92 Å². The van der Waals surface area contributed by atoms with E-state index < -0.39 is 8.32 Å². The van der Waals surface area contributed by atoms with Crippen LogP contribution in [0, 0.1) is 6.08 Å². The molecule has 0 spiro atoms. The van der Waals surface area contributed by atoms with Crippen molar-refractivity contribution >= 4 is 33.1 Å². The molecule has 0 bridgehead atoms. The van der Waals surface area contributed by atoms with Crippen LogP contribution >= 0.6 is 24.8 Å². The van der Waals surface area contributed by atoms with E-state index in [4.69, 9.17) is 4.43 Å². The molecule has 2 rings (SSSR count). The van der Waals surface area contributed by atoms with E-state index in [2.05, 4.69) is 69.1 Å². The van der Waals surface area contributed by atoms with Crippen LogP contribution in [-0.4, -0.2) is 8.32 Å². The summed E-state index contributed by atoms with van der Waals surface area (Å²) in [5.41, 5.74) is 2.62. The third kappa shape index (κ3) is 6.64. The zero-order chi connectivity index (χ0) is 13.9. The largest absolute Gasteiger partial charge is 0.544 e. The van der Waals surface area contributed by atoms with Crippen LogP contribution in [0.15, 0.2) is 42.0 Å². The number of allylic oxidation sites excluding steroid dienone is 4. The maximum atomic E-state index is 6.25. The smallest absolute Gasteiger partial charge is 0.242 e. The van der Waals surface area contributed by atoms with Gasteiger partial charge in [0.15, 0.2) is 0 Å². The topological polar surface area (TPSA) is 9.23 Å². The van der Waals surface area contributed by atoms with Crippen molar-refractivity contribution in [1.29, 1.82) is 0 Å². The number of hydrogen-bond donors (Lipinski definition) is 0. The predicted molar refractivity (Wildman–Crippen MR) is 98.5 cm³/mol. The van der Waals surface area contributed by atoms with Crippen LogP contribution in [0.2, 0.25) is 19.6 Å². The molecular weight excluding hydrogens is 367 g/mol. The van der Waals surface area contributed by atoms with Gasteiger partial charge < -0.3 is 4.43 Å². The molecule has 1 nitrogen and oxygen atoms in total. The Balaban J connectivity index is 0. The zero-order valence-corrected chi connectivity index (χ0v) is 17.9. The van der Waals surface area contributed by atoms with Gasteiger partial charge in [0.2, 0.25) is 8.32 Å². The Morgan fingerprint density at radius 3 is 2.32 bits per heavy atom. The van der Waals surface area contributed by atoms with Crippen LogP contribution in [0.4, 0.5) is 0 Å². The minimum atomic E-state index is -1.58. The van der Waals surface area contributed by atoms with Crippen molar-refractivity contribution in [2.45, 2.75) is 45.3 Å². The molecule has 0 heterocycles. The van der Waals surface area contributed by atoms with Gasteiger partial charge in [-0.3, -0.25) is 6.08 Å². The first-order chi connectivity index (χ1) is 9.01. The van der Waals surface area contributed by atoms with Crippen LogP contribution in [-0.2, 0) is 21.7 Å². The van der Waals surface area contributed by atoms with E-state index in [-0.39, 0.29) is 46.5 Å². The van der Waals surface area contributed by atoms with Gasteiger partial charge in [-0.05, 0) is 43.6 Å². The monoisotopic (exact) mass is 391 g/mol. The van der Waals surface area contributed by atoms with Gasteiger partial charge in [0.1, 0.15) is 5.75 Å². The Bertz CT molecular complexity index is 510. The van der Waals surface area contributed by atoms with Gasteiger partial charge in [-0.2, -0.15) is 6.08 Å². The Morgan fingerprint density at radius 2 is 1.82 bits per heavy atom. The molecule has 0 radical (unpaired) electrons. The zero-order valence-electron chi connectivity index (χ0n) is 13.7. The number of rotatable bonds is 5. The second-order valence-electron chi connectivity index (χ2n) is 5.95. The first-order valence-electron chi connectivity index (χ1n) is 7.06. The quantitative estimate of drug-likeness (QED) is 0.446. The summed E-state index contributed by atoms with van der Waals surface area (Å²) < 4.78 is 6.25. The third-order valence-electron chi connectivity index (χ3n) is 3.22. The summed E-state index contributed by atoms with van der Waals surface area (Å²) in [6.07, 6.45) is 9.88. The molecular formula is C17H25Cl2OSiTi-. The molecule has 1 atom stereocenters. The van der Waals surface area contributed by atoms with Gasteiger partial charge in [0.25, 0.3) is 0 Å². The number of hydrogen-bond acceptors (Lipinski definition) is 1. The van der Waals surface area contributed by atoms with Gasteiger partial charge in [-0.15, -0.1) is 31.2 Å². The van der Waals surface area contributed by atoms with Crippen LogP contribution < -0.4 is 4.43 Å². The van der Waals surface area contributed by atoms with Gasteiger partial charge in [0, 0.05) is 21.7 Å². The van der Waals surface area contributed by atoms with Crippen molar-refractivity contribution in [3.63, 3.8) is 0 Å². The second kappa shape index (κ2) is 10.7. The molecule has 0 aliphatic heterocycles. The fourth-order valence-electron chi connectivity index (χ4n) is 2.46. The van der Waals surface area contributed by atoms with Gasteiger partial charge in [-0.25, -0.2) is 11.6 Å². The Morgan fingerprint density at radius 1 is 1.18 bits per heavy atom. The molecule has 0 saturated carbocycles. The van der Waals surface area contributed by atoms with E-state index in [9.17, 15) is 0 Å². The van der Waals surface area contributed by atoms with E-state index in [1.807, 2.05) is 0 Å². The molecule has 0 aromatic heterocycles. The third-order valence-corrected chi connectivity index (χ3v) is 4.05. The van der Waals surface area contributed by atoms with Crippen LogP contribution in [0.25, 0.3) is 0 Å². The minimum Gasteiger partial charge on any atom is -0.544 e. The molecule has 22 heavy (non-hydrogen) atoms. The molecule has 1 aromatic rings. The number of benzene rings is 1. The molecule has 1 aromatic carbocycles. The molecule has 1 aliphatic carbocycles. The van der Waals surface area contributed by atoms with Gasteiger partial charge in [0.05, 0.1) is 0 Å². The van der Waals surface area contributed by atoms with Crippen molar-refractivity contribution in [2.75, 3.05) is 0 Å². The average molecular weight is 392 g/mol. The number of halogens is 2. The molecule has 0 amide bonds. The van der Waals surface area contributed by atoms with Gasteiger partial charge >= 0.3 is 0 Å². The van der Waals surface area contributed by atoms with E-state index in [0.717, 1.165) is 18.6 Å². The molecule has 0 N–H and O–H groups in total. The molecule has 0 saturated heterocycles. The Hall–Kier alpha value is 0.0112. The average Bonchev–Trinajstić information content (AvgIpc) is 2.84. The molecule has 0 fully saturated rings. The van der Waals surface area contributed by atoms with Crippen LogP contribution in [0.1, 0.15) is 31.2 Å². The SMILES string of the molecule is CCC(C1=[C-]CC=C1)c1ccccc1O[Si](C)(C)C.Cl.Cl.[Ti]. The second-order valence-corrected chi connectivity index (χ2v) is 10.4. The van der Waals surface area contributed by atoms with E-state index in [1.165, 1.54) is 11.1 Å². The minimum absolute atomic E-state index is 0. The van der Waals surface area contributed by atoms with Crippen molar-refractivity contribution in [2.24, 2.45) is 0 Å². The molecule has 5 heteroatoms. The van der Waals surface area contributed by atoms with Crippen molar-refractivity contribution in [3.8, 4) is 5.75 Å². The summed E-state index contributed by atoms with van der Waals surface area (Å²) in [7, 11) is -1.58. The summed E-state index contributed by atoms with van der Waals surface area (Å²) in [5.74, 6) is 1.47. The molecule has 1 unspecified atom stereocenters. The maximum Gasteiger partial charge on any atom is 0.242 e. The van der Waals surface area contributed by atoms with Crippen LogP contribution in [0.5, 0.6) is 5.75 Å². The summed E-state index contributed by atoms with van der Waals surface area (Å²) in [6.45, 7) is 8.92. The predicted octanol–water partition coefficient (Wildman–Crippen LogP) is 5.92.